The maximum Gasteiger partial charge on any atom is 0.00507 e. The highest BCUT2D eigenvalue weighted by molar-refractivity contribution is 4.75. The van der Waals surface area contributed by atoms with Gasteiger partial charge in [-0.2, -0.15) is 0 Å². The third-order valence-electron chi connectivity index (χ3n) is 4.01. The van der Waals surface area contributed by atoms with Gasteiger partial charge in [-0.1, -0.05) is 20.8 Å². The molecule has 16 heavy (non-hydrogen) atoms. The first kappa shape index (κ1) is 14.0. The first-order chi connectivity index (χ1) is 7.63. The second kappa shape index (κ2) is 7.29. The molecule has 96 valence electrons. The normalized spacial score (nSPS) is 21.6. The lowest BCUT2D eigenvalue weighted by Gasteiger charge is -2.34. The van der Waals surface area contributed by atoms with Crippen molar-refractivity contribution in [3.8, 4) is 0 Å². The fourth-order valence-corrected chi connectivity index (χ4v) is 2.67. The van der Waals surface area contributed by atoms with Crippen molar-refractivity contribution in [3.05, 3.63) is 0 Å². The predicted octanol–water partition coefficient (Wildman–Crippen LogP) is 2.74. The molecule has 0 saturated carbocycles. The molecule has 1 heterocycles. The maximum atomic E-state index is 3.49. The van der Waals surface area contributed by atoms with E-state index < -0.39 is 0 Å². The molecular formula is C14H30N2. The van der Waals surface area contributed by atoms with Crippen molar-refractivity contribution in [2.45, 2.75) is 53.0 Å². The number of likely N-dealkylation sites (tertiary alicyclic amines) is 1. The van der Waals surface area contributed by atoms with Crippen LogP contribution in [0.1, 0.15) is 47.0 Å². The Morgan fingerprint density at radius 1 is 1.19 bits per heavy atom. The highest BCUT2D eigenvalue weighted by Crippen LogP contribution is 2.24. The second-order valence-corrected chi connectivity index (χ2v) is 5.67. The van der Waals surface area contributed by atoms with Crippen LogP contribution < -0.4 is 5.32 Å². The minimum Gasteiger partial charge on any atom is -0.314 e. The van der Waals surface area contributed by atoms with Crippen molar-refractivity contribution >= 4 is 0 Å². The number of rotatable bonds is 6. The molecular weight excluding hydrogens is 196 g/mol. The lowest BCUT2D eigenvalue weighted by atomic mass is 9.86. The van der Waals surface area contributed by atoms with Crippen molar-refractivity contribution in [1.82, 2.24) is 10.2 Å². The molecule has 0 amide bonds. The van der Waals surface area contributed by atoms with Crippen LogP contribution in [0.3, 0.4) is 0 Å². The van der Waals surface area contributed by atoms with Gasteiger partial charge in [0.25, 0.3) is 0 Å². The zero-order chi connectivity index (χ0) is 12.0. The summed E-state index contributed by atoms with van der Waals surface area (Å²) in [6.45, 7) is 14.2. The summed E-state index contributed by atoms with van der Waals surface area (Å²) >= 11 is 0. The summed E-state index contributed by atoms with van der Waals surface area (Å²) in [6, 6.07) is 0.674. The fourth-order valence-electron chi connectivity index (χ4n) is 2.67. The van der Waals surface area contributed by atoms with Crippen LogP contribution in [0.25, 0.3) is 0 Å². The molecule has 1 aliphatic heterocycles. The summed E-state index contributed by atoms with van der Waals surface area (Å²) in [5.74, 6) is 1.85. The van der Waals surface area contributed by atoms with Crippen LogP contribution in [0.2, 0.25) is 0 Å². The molecule has 2 heteroatoms. The minimum atomic E-state index is 0.674. The molecule has 1 rings (SSSR count). The number of piperidine rings is 1. The van der Waals surface area contributed by atoms with Crippen molar-refractivity contribution in [3.63, 3.8) is 0 Å². The van der Waals surface area contributed by atoms with E-state index in [9.17, 15) is 0 Å². The quantitative estimate of drug-likeness (QED) is 0.749. The lowest BCUT2D eigenvalue weighted by molar-refractivity contribution is 0.153. The molecule has 0 aromatic rings. The molecule has 0 aromatic carbocycles. The van der Waals surface area contributed by atoms with E-state index in [1.165, 1.54) is 38.9 Å². The molecule has 1 unspecified atom stereocenters. The highest BCUT2D eigenvalue weighted by Gasteiger charge is 2.21. The van der Waals surface area contributed by atoms with Crippen LogP contribution in [0, 0.1) is 11.8 Å². The average Bonchev–Trinajstić information content (AvgIpc) is 2.27. The first-order valence-corrected chi connectivity index (χ1v) is 7.09. The van der Waals surface area contributed by atoms with E-state index in [2.05, 4.69) is 37.9 Å². The number of nitrogens with zero attached hydrogens (tertiary/aromatic N) is 1. The van der Waals surface area contributed by atoms with Gasteiger partial charge < -0.3 is 10.2 Å². The summed E-state index contributed by atoms with van der Waals surface area (Å²) in [4.78, 5) is 2.65. The summed E-state index contributed by atoms with van der Waals surface area (Å²) in [6.07, 6.45) is 4.11. The van der Waals surface area contributed by atoms with E-state index >= 15 is 0 Å². The van der Waals surface area contributed by atoms with Gasteiger partial charge in [-0.3, -0.25) is 0 Å². The highest BCUT2D eigenvalue weighted by atomic mass is 15.1. The maximum absolute atomic E-state index is 3.49. The van der Waals surface area contributed by atoms with Gasteiger partial charge in [0, 0.05) is 6.04 Å². The van der Waals surface area contributed by atoms with E-state index in [4.69, 9.17) is 0 Å². The van der Waals surface area contributed by atoms with Gasteiger partial charge in [0.1, 0.15) is 0 Å². The molecule has 1 atom stereocenters. The zero-order valence-corrected chi connectivity index (χ0v) is 11.6. The molecule has 0 aliphatic carbocycles. The Bertz CT molecular complexity index is 172. The molecule has 0 aromatic heterocycles. The summed E-state index contributed by atoms with van der Waals surface area (Å²) < 4.78 is 0. The molecule has 1 saturated heterocycles. The van der Waals surface area contributed by atoms with Gasteiger partial charge in [-0.25, -0.2) is 0 Å². The van der Waals surface area contributed by atoms with Gasteiger partial charge in [0.05, 0.1) is 0 Å². The molecule has 0 bridgehead atoms. The Hall–Kier alpha value is -0.0800. The van der Waals surface area contributed by atoms with Crippen molar-refractivity contribution in [2.24, 2.45) is 11.8 Å². The van der Waals surface area contributed by atoms with Crippen LogP contribution >= 0.6 is 0 Å². The Labute approximate surface area is 102 Å². The molecule has 0 spiro atoms. The van der Waals surface area contributed by atoms with Crippen LogP contribution in [0.4, 0.5) is 0 Å². The van der Waals surface area contributed by atoms with Crippen LogP contribution in [0.15, 0.2) is 0 Å². The molecule has 1 N–H and O–H groups in total. The van der Waals surface area contributed by atoms with Gasteiger partial charge in [-0.15, -0.1) is 0 Å². The van der Waals surface area contributed by atoms with E-state index in [-0.39, 0.29) is 0 Å². The predicted molar refractivity (Wildman–Crippen MR) is 71.8 cm³/mol. The fraction of sp³-hybridized carbons (Fsp3) is 1.00. The SMILES string of the molecule is CCNC(C)CCN1CCC(C(C)C)CC1. The van der Waals surface area contributed by atoms with Crippen molar-refractivity contribution in [1.29, 1.82) is 0 Å². The Morgan fingerprint density at radius 3 is 2.31 bits per heavy atom. The van der Waals surface area contributed by atoms with Crippen LogP contribution in [-0.2, 0) is 0 Å². The number of nitrogens with one attached hydrogen (secondary N) is 1. The van der Waals surface area contributed by atoms with Crippen LogP contribution in [0.5, 0.6) is 0 Å². The summed E-state index contributed by atoms with van der Waals surface area (Å²) in [5, 5.41) is 3.49. The Balaban J connectivity index is 2.12. The Kier molecular flexibility index (Phi) is 6.37. The number of hydrogen-bond acceptors (Lipinski definition) is 2. The minimum absolute atomic E-state index is 0.674. The van der Waals surface area contributed by atoms with E-state index in [0.717, 1.165) is 18.4 Å². The molecule has 1 fully saturated rings. The van der Waals surface area contributed by atoms with Gasteiger partial charge in [0.2, 0.25) is 0 Å². The first-order valence-electron chi connectivity index (χ1n) is 7.09. The third kappa shape index (κ3) is 4.84. The molecule has 2 nitrogen and oxygen atoms in total. The van der Waals surface area contributed by atoms with Crippen molar-refractivity contribution in [2.75, 3.05) is 26.2 Å². The van der Waals surface area contributed by atoms with E-state index in [1.807, 2.05) is 0 Å². The standard InChI is InChI=1S/C14H30N2/c1-5-15-13(4)6-9-16-10-7-14(8-11-16)12(2)3/h12-15H,5-11H2,1-4H3. The van der Waals surface area contributed by atoms with Crippen molar-refractivity contribution < 1.29 is 0 Å². The zero-order valence-electron chi connectivity index (χ0n) is 11.6. The van der Waals surface area contributed by atoms with E-state index in [0.29, 0.717) is 6.04 Å². The molecule has 0 radical (unpaired) electrons. The van der Waals surface area contributed by atoms with Crippen LogP contribution in [-0.4, -0.2) is 37.1 Å². The lowest BCUT2D eigenvalue weighted by Crippen LogP contribution is -2.38. The largest absolute Gasteiger partial charge is 0.314 e. The topological polar surface area (TPSA) is 15.3 Å². The number of hydrogen-bond donors (Lipinski definition) is 1. The van der Waals surface area contributed by atoms with Gasteiger partial charge in [-0.05, 0) is 64.2 Å². The summed E-state index contributed by atoms with van der Waals surface area (Å²) in [5.41, 5.74) is 0. The molecule has 1 aliphatic rings. The Morgan fingerprint density at radius 2 is 1.81 bits per heavy atom. The summed E-state index contributed by atoms with van der Waals surface area (Å²) in [7, 11) is 0. The second-order valence-electron chi connectivity index (χ2n) is 5.67. The van der Waals surface area contributed by atoms with E-state index in [1.54, 1.807) is 0 Å². The third-order valence-corrected chi connectivity index (χ3v) is 4.01. The monoisotopic (exact) mass is 226 g/mol. The smallest absolute Gasteiger partial charge is 0.00507 e. The van der Waals surface area contributed by atoms with Gasteiger partial charge >= 0.3 is 0 Å². The average molecular weight is 226 g/mol. The van der Waals surface area contributed by atoms with Gasteiger partial charge in [0.15, 0.2) is 0 Å².